The van der Waals surface area contributed by atoms with Crippen LogP contribution in [-0.4, -0.2) is 64.3 Å². The van der Waals surface area contributed by atoms with Crippen LogP contribution < -0.4 is 16.0 Å². The lowest BCUT2D eigenvalue weighted by Gasteiger charge is -2.38. The molecule has 29 heavy (non-hydrogen) atoms. The Kier molecular flexibility index (Phi) is 7.33. The molecule has 4 N–H and O–H groups in total. The van der Waals surface area contributed by atoms with E-state index in [1.165, 1.54) is 5.56 Å². The van der Waals surface area contributed by atoms with Gasteiger partial charge in [0.15, 0.2) is 0 Å². The molecule has 3 rings (SSSR count). The number of piperidine rings is 1. The van der Waals surface area contributed by atoms with E-state index >= 15 is 0 Å². The summed E-state index contributed by atoms with van der Waals surface area (Å²) in [4.78, 5) is 21.1. The molecule has 9 heteroatoms. The fourth-order valence-electron chi connectivity index (χ4n) is 3.70. The summed E-state index contributed by atoms with van der Waals surface area (Å²) in [6.45, 7) is 6.87. The lowest BCUT2D eigenvalue weighted by atomic mass is 10.0. The molecule has 1 aromatic heterocycles. The summed E-state index contributed by atoms with van der Waals surface area (Å²) < 4.78 is 0. The monoisotopic (exact) mass is 419 g/mol. The first-order chi connectivity index (χ1) is 13.9. The Hall–Kier alpha value is -2.32. The largest absolute Gasteiger partial charge is 0.368 e. The molecule has 0 unspecified atom stereocenters. The molecular weight excluding hydrogens is 390 g/mol. The number of nitrogens with zero attached hydrogens (tertiary/aromatic N) is 4. The topological polar surface area (TPSA) is 103 Å². The molecule has 1 aromatic carbocycles. The smallest absolute Gasteiger partial charge is 0.246 e. The van der Waals surface area contributed by atoms with Gasteiger partial charge in [-0.25, -0.2) is 5.10 Å². The number of carbonyl (C=O) groups is 1. The van der Waals surface area contributed by atoms with Crippen molar-refractivity contribution < 1.29 is 4.79 Å². The van der Waals surface area contributed by atoms with E-state index in [9.17, 15) is 4.79 Å². The van der Waals surface area contributed by atoms with Crippen LogP contribution in [0.5, 0.6) is 0 Å². The number of nitrogens with one attached hydrogen (secondary N) is 2. The highest BCUT2D eigenvalue weighted by molar-refractivity contribution is 6.30. The van der Waals surface area contributed by atoms with Gasteiger partial charge in [-0.05, 0) is 50.8 Å². The number of anilines is 2. The third kappa shape index (κ3) is 6.33. The highest BCUT2D eigenvalue weighted by atomic mass is 35.5. The first kappa shape index (κ1) is 21.4. The zero-order chi connectivity index (χ0) is 20.8. The van der Waals surface area contributed by atoms with E-state index < -0.39 is 0 Å². The molecule has 158 valence electrons. The summed E-state index contributed by atoms with van der Waals surface area (Å²) >= 11 is 5.99. The second kappa shape index (κ2) is 9.93. The van der Waals surface area contributed by atoms with Crippen LogP contribution in [0, 0.1) is 0 Å². The number of nitrogen functional groups attached to an aromatic ring is 1. The van der Waals surface area contributed by atoms with E-state index in [0.717, 1.165) is 43.9 Å². The minimum atomic E-state index is 0.0697. The molecule has 1 amide bonds. The minimum absolute atomic E-state index is 0.0697. The molecule has 1 saturated heterocycles. The zero-order valence-corrected chi connectivity index (χ0v) is 17.8. The predicted molar refractivity (Wildman–Crippen MR) is 116 cm³/mol. The highest BCUT2D eigenvalue weighted by Crippen LogP contribution is 2.21. The molecule has 1 aliphatic heterocycles. The molecule has 2 heterocycles. The number of aromatic nitrogens is 3. The number of carbonyl (C=O) groups excluding carboxylic acids is 1. The molecule has 1 fully saturated rings. The van der Waals surface area contributed by atoms with Gasteiger partial charge in [-0.1, -0.05) is 23.7 Å². The first-order valence-corrected chi connectivity index (χ1v) is 10.5. The lowest BCUT2D eigenvalue weighted by molar-refractivity contribution is -0.123. The molecule has 8 nitrogen and oxygen atoms in total. The van der Waals surface area contributed by atoms with E-state index in [4.69, 9.17) is 17.3 Å². The van der Waals surface area contributed by atoms with E-state index in [1.807, 2.05) is 38.1 Å². The molecule has 0 spiro atoms. The Bertz CT molecular complexity index is 784. The Morgan fingerprint density at radius 3 is 2.62 bits per heavy atom. The highest BCUT2D eigenvalue weighted by Gasteiger charge is 2.27. The van der Waals surface area contributed by atoms with Gasteiger partial charge in [0.25, 0.3) is 0 Å². The van der Waals surface area contributed by atoms with Crippen LogP contribution in [0.3, 0.4) is 0 Å². The van der Waals surface area contributed by atoms with Gasteiger partial charge >= 0.3 is 0 Å². The van der Waals surface area contributed by atoms with E-state index in [0.29, 0.717) is 24.5 Å². The number of hydrogen-bond acceptors (Lipinski definition) is 6. The van der Waals surface area contributed by atoms with Crippen LogP contribution in [0.4, 0.5) is 11.9 Å². The maximum Gasteiger partial charge on any atom is 0.246 e. The molecule has 2 aromatic rings. The van der Waals surface area contributed by atoms with Crippen LogP contribution in [0.1, 0.15) is 32.3 Å². The number of rotatable bonds is 8. The van der Waals surface area contributed by atoms with Crippen LogP contribution in [0.2, 0.25) is 5.02 Å². The average Bonchev–Trinajstić information content (AvgIpc) is 3.12. The number of halogens is 1. The fourth-order valence-corrected chi connectivity index (χ4v) is 3.83. The van der Waals surface area contributed by atoms with Crippen molar-refractivity contribution in [1.82, 2.24) is 25.4 Å². The number of aromatic amines is 1. The van der Waals surface area contributed by atoms with Crippen LogP contribution >= 0.6 is 11.6 Å². The molecule has 0 saturated carbocycles. The van der Waals surface area contributed by atoms with Crippen LogP contribution in [0.15, 0.2) is 24.3 Å². The van der Waals surface area contributed by atoms with Crippen molar-refractivity contribution in [3.8, 4) is 0 Å². The van der Waals surface area contributed by atoms with Gasteiger partial charge in [-0.15, -0.1) is 5.10 Å². The standard InChI is InChI=1S/C20H30ClN7O/c1-14(2)23-18(29)13-28(10-7-15-3-5-16(21)6-4-15)17-8-11-27(12-9-17)20-24-19(22)25-26-20/h3-6,14,17H,7-13H2,1-2H3,(H,23,29)(H3,22,24,25,26). The van der Waals surface area contributed by atoms with Crippen molar-refractivity contribution in [3.05, 3.63) is 34.9 Å². The number of nitrogens with two attached hydrogens (primary N) is 1. The summed E-state index contributed by atoms with van der Waals surface area (Å²) in [7, 11) is 0. The number of H-pyrrole nitrogens is 1. The summed E-state index contributed by atoms with van der Waals surface area (Å²) in [5, 5.41) is 10.6. The molecule has 1 aliphatic rings. The Morgan fingerprint density at radius 2 is 2.03 bits per heavy atom. The van der Waals surface area contributed by atoms with Gasteiger partial charge in [0.2, 0.25) is 17.8 Å². The van der Waals surface area contributed by atoms with Crippen molar-refractivity contribution in [2.75, 3.05) is 36.8 Å². The van der Waals surface area contributed by atoms with Gasteiger partial charge in [0, 0.05) is 36.7 Å². The van der Waals surface area contributed by atoms with Gasteiger partial charge in [-0.3, -0.25) is 9.69 Å². The second-order valence-corrected chi connectivity index (χ2v) is 8.24. The SMILES string of the molecule is CC(C)NC(=O)CN(CCc1ccc(Cl)cc1)C1CCN(c2n[nH]c(N)n2)CC1. The normalized spacial score (nSPS) is 15.3. The van der Waals surface area contributed by atoms with Crippen molar-refractivity contribution in [2.24, 2.45) is 0 Å². The third-order valence-corrected chi connectivity index (χ3v) is 5.40. The summed E-state index contributed by atoms with van der Waals surface area (Å²) in [5.41, 5.74) is 6.86. The van der Waals surface area contributed by atoms with Crippen molar-refractivity contribution >= 4 is 29.4 Å². The Labute approximate surface area is 176 Å². The minimum Gasteiger partial charge on any atom is -0.368 e. The Morgan fingerprint density at radius 1 is 1.34 bits per heavy atom. The Balaban J connectivity index is 1.60. The molecule has 0 aliphatic carbocycles. The van der Waals surface area contributed by atoms with Crippen LogP contribution in [-0.2, 0) is 11.2 Å². The lowest BCUT2D eigenvalue weighted by Crippen LogP contribution is -2.49. The average molecular weight is 420 g/mol. The maximum absolute atomic E-state index is 12.4. The van der Waals surface area contributed by atoms with Crippen molar-refractivity contribution in [3.63, 3.8) is 0 Å². The number of hydrogen-bond donors (Lipinski definition) is 3. The van der Waals surface area contributed by atoms with Gasteiger partial charge in [0.1, 0.15) is 0 Å². The quantitative estimate of drug-likeness (QED) is 0.605. The molecular formula is C20H30ClN7O. The summed E-state index contributed by atoms with van der Waals surface area (Å²) in [6, 6.07) is 8.39. The first-order valence-electron chi connectivity index (χ1n) is 10.1. The van der Waals surface area contributed by atoms with E-state index in [-0.39, 0.29) is 11.9 Å². The number of amides is 1. The molecule has 0 radical (unpaired) electrons. The molecule has 0 bridgehead atoms. The molecule has 0 atom stereocenters. The van der Waals surface area contributed by atoms with Crippen molar-refractivity contribution in [2.45, 2.75) is 45.2 Å². The van der Waals surface area contributed by atoms with Crippen molar-refractivity contribution in [1.29, 1.82) is 0 Å². The number of benzene rings is 1. The van der Waals surface area contributed by atoms with Gasteiger partial charge < -0.3 is 16.0 Å². The van der Waals surface area contributed by atoms with Crippen LogP contribution in [0.25, 0.3) is 0 Å². The second-order valence-electron chi connectivity index (χ2n) is 7.81. The van der Waals surface area contributed by atoms with E-state index in [2.05, 4.69) is 30.3 Å². The fraction of sp³-hybridized carbons (Fsp3) is 0.550. The summed E-state index contributed by atoms with van der Waals surface area (Å²) in [6.07, 6.45) is 2.78. The van der Waals surface area contributed by atoms with Gasteiger partial charge in [0.05, 0.1) is 6.54 Å². The summed E-state index contributed by atoms with van der Waals surface area (Å²) in [5.74, 6) is 1.04. The maximum atomic E-state index is 12.4. The van der Waals surface area contributed by atoms with Gasteiger partial charge in [-0.2, -0.15) is 4.98 Å². The predicted octanol–water partition coefficient (Wildman–Crippen LogP) is 2.08. The zero-order valence-electron chi connectivity index (χ0n) is 17.1. The van der Waals surface area contributed by atoms with E-state index in [1.54, 1.807) is 0 Å². The third-order valence-electron chi connectivity index (χ3n) is 5.15.